The molecule has 7 nitrogen and oxygen atoms in total. The van der Waals surface area contributed by atoms with Crippen LogP contribution in [0.1, 0.15) is 25.7 Å². The molecule has 1 aromatic rings. The lowest BCUT2D eigenvalue weighted by atomic mass is 10.0. The lowest BCUT2D eigenvalue weighted by Crippen LogP contribution is -2.48. The first-order valence-electron chi connectivity index (χ1n) is 7.44. The average molecular weight is 326 g/mol. The molecule has 2 rings (SSSR count). The molecule has 3 N–H and O–H groups in total. The van der Waals surface area contributed by atoms with E-state index in [9.17, 15) is 13.2 Å². The van der Waals surface area contributed by atoms with Gasteiger partial charge >= 0.3 is 0 Å². The van der Waals surface area contributed by atoms with Crippen LogP contribution in [0.2, 0.25) is 0 Å². The van der Waals surface area contributed by atoms with E-state index in [4.69, 9.17) is 5.73 Å². The van der Waals surface area contributed by atoms with Gasteiger partial charge in [0.2, 0.25) is 15.9 Å². The highest BCUT2D eigenvalue weighted by atomic mass is 32.2. The second kappa shape index (κ2) is 7.66. The minimum Gasteiger partial charge on any atom is -0.338 e. The number of hydrogen-bond acceptors (Lipinski definition) is 5. The van der Waals surface area contributed by atoms with E-state index in [1.807, 2.05) is 0 Å². The Hall–Kier alpha value is -1.51. The molecule has 1 saturated heterocycles. The molecule has 1 unspecified atom stereocenters. The normalized spacial score (nSPS) is 19.1. The van der Waals surface area contributed by atoms with Crippen molar-refractivity contribution in [2.24, 2.45) is 5.73 Å². The molecule has 8 heteroatoms. The van der Waals surface area contributed by atoms with Gasteiger partial charge in [-0.25, -0.2) is 13.1 Å². The van der Waals surface area contributed by atoms with Crippen LogP contribution in [0.25, 0.3) is 0 Å². The van der Waals surface area contributed by atoms with Crippen molar-refractivity contribution >= 4 is 15.9 Å². The number of likely N-dealkylation sites (tertiary alicyclic amines) is 1. The Labute approximate surface area is 131 Å². The zero-order valence-electron chi connectivity index (χ0n) is 12.4. The summed E-state index contributed by atoms with van der Waals surface area (Å²) in [5.74, 6) is -0.0518. The molecular weight excluding hydrogens is 304 g/mol. The topological polar surface area (TPSA) is 105 Å². The molecule has 1 fully saturated rings. The largest absolute Gasteiger partial charge is 0.338 e. The van der Waals surface area contributed by atoms with E-state index in [1.165, 1.54) is 18.5 Å². The maximum Gasteiger partial charge on any atom is 0.242 e. The molecule has 0 bridgehead atoms. The van der Waals surface area contributed by atoms with E-state index >= 15 is 0 Å². The fraction of sp³-hybridized carbons (Fsp3) is 0.571. The minimum absolute atomic E-state index is 0.0518. The van der Waals surface area contributed by atoms with Crippen LogP contribution in [0.4, 0.5) is 0 Å². The van der Waals surface area contributed by atoms with Gasteiger partial charge in [-0.3, -0.25) is 9.78 Å². The number of carbonyl (C=O) groups excluding carboxylic acids is 1. The first kappa shape index (κ1) is 16.9. The highest BCUT2D eigenvalue weighted by Crippen LogP contribution is 2.17. The van der Waals surface area contributed by atoms with Crippen LogP contribution in [0, 0.1) is 0 Å². The van der Waals surface area contributed by atoms with Crippen LogP contribution in [0.5, 0.6) is 0 Å². The van der Waals surface area contributed by atoms with Crippen molar-refractivity contribution in [1.29, 1.82) is 0 Å². The lowest BCUT2D eigenvalue weighted by molar-refractivity contribution is -0.134. The third-order valence-corrected chi connectivity index (χ3v) is 5.24. The third-order valence-electron chi connectivity index (χ3n) is 3.80. The van der Waals surface area contributed by atoms with Crippen molar-refractivity contribution in [1.82, 2.24) is 14.6 Å². The molecule has 1 aliphatic rings. The molecule has 122 valence electrons. The van der Waals surface area contributed by atoms with E-state index in [0.29, 0.717) is 13.1 Å². The molecule has 1 aromatic heterocycles. The summed E-state index contributed by atoms with van der Waals surface area (Å²) >= 11 is 0. The number of amides is 1. The average Bonchev–Trinajstić information content (AvgIpc) is 2.55. The van der Waals surface area contributed by atoms with Gasteiger partial charge in [-0.05, 0) is 31.4 Å². The summed E-state index contributed by atoms with van der Waals surface area (Å²) in [7, 11) is -3.61. The smallest absolute Gasteiger partial charge is 0.242 e. The van der Waals surface area contributed by atoms with Gasteiger partial charge < -0.3 is 10.6 Å². The SMILES string of the molecule is NCC1CCCCN1C(=O)CCNS(=O)(=O)c1cccnc1. The molecule has 2 heterocycles. The number of nitrogens with one attached hydrogen (secondary N) is 1. The summed E-state index contributed by atoms with van der Waals surface area (Å²) in [4.78, 5) is 17.9. The third kappa shape index (κ3) is 4.25. The number of aromatic nitrogens is 1. The van der Waals surface area contributed by atoms with Gasteiger partial charge in [0.25, 0.3) is 0 Å². The summed E-state index contributed by atoms with van der Waals surface area (Å²) in [6, 6.07) is 3.10. The van der Waals surface area contributed by atoms with E-state index < -0.39 is 10.0 Å². The Balaban J connectivity index is 1.86. The van der Waals surface area contributed by atoms with E-state index in [1.54, 1.807) is 11.0 Å². The molecule has 0 saturated carbocycles. The van der Waals surface area contributed by atoms with Crippen molar-refractivity contribution in [2.45, 2.75) is 36.6 Å². The van der Waals surface area contributed by atoms with Gasteiger partial charge in [0.15, 0.2) is 0 Å². The van der Waals surface area contributed by atoms with Crippen LogP contribution in [-0.4, -0.2) is 49.9 Å². The van der Waals surface area contributed by atoms with Crippen LogP contribution < -0.4 is 10.5 Å². The van der Waals surface area contributed by atoms with Gasteiger partial charge in [-0.2, -0.15) is 0 Å². The molecule has 0 aromatic carbocycles. The molecule has 0 radical (unpaired) electrons. The highest BCUT2D eigenvalue weighted by Gasteiger charge is 2.25. The van der Waals surface area contributed by atoms with Crippen LogP contribution in [0.3, 0.4) is 0 Å². The minimum atomic E-state index is -3.61. The first-order chi connectivity index (χ1) is 10.5. The lowest BCUT2D eigenvalue weighted by Gasteiger charge is -2.35. The summed E-state index contributed by atoms with van der Waals surface area (Å²) < 4.78 is 26.5. The van der Waals surface area contributed by atoms with Crippen molar-refractivity contribution in [3.05, 3.63) is 24.5 Å². The predicted octanol–water partition coefficient (Wildman–Crippen LogP) is 0.0898. The maximum absolute atomic E-state index is 12.2. The van der Waals surface area contributed by atoms with Crippen LogP contribution in [0.15, 0.2) is 29.4 Å². The number of hydrogen-bond donors (Lipinski definition) is 2. The number of piperidine rings is 1. The van der Waals surface area contributed by atoms with Gasteiger partial charge in [0.05, 0.1) is 0 Å². The van der Waals surface area contributed by atoms with Crippen molar-refractivity contribution in [3.63, 3.8) is 0 Å². The predicted molar refractivity (Wildman–Crippen MR) is 82.4 cm³/mol. The summed E-state index contributed by atoms with van der Waals surface area (Å²) in [5.41, 5.74) is 5.69. The number of pyridine rings is 1. The summed E-state index contributed by atoms with van der Waals surface area (Å²) in [6.07, 6.45) is 5.90. The standard InChI is InChI=1S/C14H22N4O3S/c15-10-12-4-1-2-9-18(12)14(19)6-8-17-22(20,21)13-5-3-7-16-11-13/h3,5,7,11-12,17H,1-2,4,6,8-10,15H2. The fourth-order valence-corrected chi connectivity index (χ4v) is 3.59. The first-order valence-corrected chi connectivity index (χ1v) is 8.92. The zero-order chi connectivity index (χ0) is 16.0. The second-order valence-electron chi connectivity index (χ2n) is 5.31. The second-order valence-corrected chi connectivity index (χ2v) is 7.08. The quantitative estimate of drug-likeness (QED) is 0.771. The van der Waals surface area contributed by atoms with Crippen molar-refractivity contribution < 1.29 is 13.2 Å². The maximum atomic E-state index is 12.2. The molecule has 1 amide bonds. The number of nitrogens with two attached hydrogens (primary N) is 1. The van der Waals surface area contributed by atoms with Crippen LogP contribution >= 0.6 is 0 Å². The van der Waals surface area contributed by atoms with Gasteiger partial charge in [0.1, 0.15) is 4.90 Å². The Morgan fingerprint density at radius 3 is 2.95 bits per heavy atom. The number of sulfonamides is 1. The Kier molecular flexibility index (Phi) is 5.87. The molecule has 1 aliphatic heterocycles. The van der Waals surface area contributed by atoms with Gasteiger partial charge in [-0.15, -0.1) is 0 Å². The van der Waals surface area contributed by atoms with E-state index in [2.05, 4.69) is 9.71 Å². The Morgan fingerprint density at radius 2 is 2.27 bits per heavy atom. The molecular formula is C14H22N4O3S. The van der Waals surface area contributed by atoms with Gasteiger partial charge in [-0.1, -0.05) is 0 Å². The Morgan fingerprint density at radius 1 is 1.45 bits per heavy atom. The van der Waals surface area contributed by atoms with E-state index in [0.717, 1.165) is 19.3 Å². The number of nitrogens with zero attached hydrogens (tertiary/aromatic N) is 2. The van der Waals surface area contributed by atoms with Crippen molar-refractivity contribution in [3.8, 4) is 0 Å². The van der Waals surface area contributed by atoms with E-state index in [-0.39, 0.29) is 29.8 Å². The van der Waals surface area contributed by atoms with Crippen LogP contribution in [-0.2, 0) is 14.8 Å². The highest BCUT2D eigenvalue weighted by molar-refractivity contribution is 7.89. The van der Waals surface area contributed by atoms with Gasteiger partial charge in [0, 0.05) is 44.5 Å². The monoisotopic (exact) mass is 326 g/mol. The number of rotatable bonds is 6. The van der Waals surface area contributed by atoms with Crippen molar-refractivity contribution in [2.75, 3.05) is 19.6 Å². The summed E-state index contributed by atoms with van der Waals surface area (Å²) in [5, 5.41) is 0. The fourth-order valence-electron chi connectivity index (χ4n) is 2.60. The zero-order valence-corrected chi connectivity index (χ0v) is 13.3. The molecule has 0 spiro atoms. The number of carbonyl (C=O) groups is 1. The molecule has 22 heavy (non-hydrogen) atoms. The molecule has 0 aliphatic carbocycles. The molecule has 1 atom stereocenters. The Bertz CT molecular complexity index is 591. The summed E-state index contributed by atoms with van der Waals surface area (Å²) in [6.45, 7) is 1.23.